The first-order chi connectivity index (χ1) is 17.0. The highest BCUT2D eigenvalue weighted by atomic mass is 32.2. The van der Waals surface area contributed by atoms with Gasteiger partial charge in [-0.2, -0.15) is 9.61 Å². The molecule has 10 nitrogen and oxygen atoms in total. The lowest BCUT2D eigenvalue weighted by atomic mass is 10.1. The number of ether oxygens (including phenoxy) is 2. The number of fused-ring (bicyclic) bond motifs is 1. The molecule has 3 heterocycles. The van der Waals surface area contributed by atoms with Crippen LogP contribution in [0.5, 0.6) is 11.5 Å². The van der Waals surface area contributed by atoms with Gasteiger partial charge in [-0.3, -0.25) is 9.71 Å². The molecule has 3 aromatic heterocycles. The average molecular weight is 489 g/mol. The number of sulfonamides is 1. The van der Waals surface area contributed by atoms with Gasteiger partial charge in [0.25, 0.3) is 10.0 Å². The highest BCUT2D eigenvalue weighted by Gasteiger charge is 2.21. The van der Waals surface area contributed by atoms with Crippen LogP contribution in [0.25, 0.3) is 28.3 Å². The van der Waals surface area contributed by atoms with E-state index in [0.29, 0.717) is 34.2 Å². The van der Waals surface area contributed by atoms with E-state index in [1.54, 1.807) is 59.4 Å². The lowest BCUT2D eigenvalue weighted by molar-refractivity contribution is 0.392. The van der Waals surface area contributed by atoms with Crippen LogP contribution < -0.4 is 14.2 Å². The minimum atomic E-state index is -3.96. The molecule has 5 aromatic rings. The number of anilines is 1. The first kappa shape index (κ1) is 22.3. The third kappa shape index (κ3) is 4.36. The van der Waals surface area contributed by atoms with Crippen LogP contribution in [0, 0.1) is 0 Å². The molecule has 1 N–H and O–H groups in total. The monoisotopic (exact) mass is 488 g/mol. The van der Waals surface area contributed by atoms with Crippen LogP contribution in [0.1, 0.15) is 0 Å². The van der Waals surface area contributed by atoms with Crippen molar-refractivity contribution in [2.24, 2.45) is 0 Å². The highest BCUT2D eigenvalue weighted by Crippen LogP contribution is 2.30. The van der Waals surface area contributed by atoms with E-state index >= 15 is 0 Å². The van der Waals surface area contributed by atoms with Crippen LogP contribution in [0.3, 0.4) is 0 Å². The molecular formula is C24H20N6O4S. The number of nitrogens with one attached hydrogen (secondary N) is 1. The first-order valence-corrected chi connectivity index (χ1v) is 11.9. The molecule has 0 spiro atoms. The van der Waals surface area contributed by atoms with Crippen molar-refractivity contribution < 1.29 is 17.9 Å². The summed E-state index contributed by atoms with van der Waals surface area (Å²) in [6.07, 6.45) is 3.37. The van der Waals surface area contributed by atoms with E-state index in [1.807, 2.05) is 18.2 Å². The fourth-order valence-corrected chi connectivity index (χ4v) is 4.80. The van der Waals surface area contributed by atoms with Crippen molar-refractivity contribution >= 4 is 21.4 Å². The van der Waals surface area contributed by atoms with Crippen molar-refractivity contribution in [3.05, 3.63) is 79.1 Å². The second kappa shape index (κ2) is 9.03. The topological polar surface area (TPSA) is 121 Å². The van der Waals surface area contributed by atoms with Gasteiger partial charge in [-0.25, -0.2) is 8.42 Å². The van der Waals surface area contributed by atoms with E-state index < -0.39 is 10.0 Å². The maximum absolute atomic E-state index is 13.2. The minimum absolute atomic E-state index is 0.0325. The van der Waals surface area contributed by atoms with Gasteiger partial charge >= 0.3 is 0 Å². The van der Waals surface area contributed by atoms with Gasteiger partial charge in [0.15, 0.2) is 11.5 Å². The molecule has 0 saturated carbocycles. The quantitative estimate of drug-likeness (QED) is 0.368. The zero-order valence-corrected chi connectivity index (χ0v) is 19.6. The van der Waals surface area contributed by atoms with E-state index in [1.165, 1.54) is 20.3 Å². The Morgan fingerprint density at radius 1 is 0.886 bits per heavy atom. The van der Waals surface area contributed by atoms with Crippen LogP contribution in [0.4, 0.5) is 5.69 Å². The third-order valence-corrected chi connectivity index (χ3v) is 6.66. The summed E-state index contributed by atoms with van der Waals surface area (Å²) < 4.78 is 41.0. The van der Waals surface area contributed by atoms with E-state index in [4.69, 9.17) is 9.47 Å². The molecule has 11 heteroatoms. The largest absolute Gasteiger partial charge is 0.497 e. The number of benzene rings is 2. The summed E-state index contributed by atoms with van der Waals surface area (Å²) in [5, 5.41) is 13.1. The number of nitrogens with zero attached hydrogens (tertiary/aromatic N) is 5. The standard InChI is InChI=1S/C24H20N6O4S/c1-33-19-8-10-21(34-2)22(14-19)35(31,32)29-18-7-3-5-16(13-18)20-9-11-23-26-27-24(30(23)28-20)17-6-4-12-25-15-17/h3-15,29H,1-2H3. The SMILES string of the molecule is COc1ccc(OC)c(S(=O)(=O)Nc2cccc(-c3ccc4nnc(-c5cccnc5)n4n3)c2)c1. The Hall–Kier alpha value is -4.51. The second-order valence-corrected chi connectivity index (χ2v) is 9.11. The van der Waals surface area contributed by atoms with Crippen molar-refractivity contribution in [1.82, 2.24) is 24.8 Å². The molecule has 0 atom stereocenters. The number of rotatable bonds is 7. The molecule has 5 rings (SSSR count). The molecule has 0 amide bonds. The van der Waals surface area contributed by atoms with Crippen molar-refractivity contribution in [1.29, 1.82) is 0 Å². The average Bonchev–Trinajstić information content (AvgIpc) is 3.32. The number of hydrogen-bond donors (Lipinski definition) is 1. The van der Waals surface area contributed by atoms with Crippen LogP contribution in [-0.2, 0) is 10.0 Å². The highest BCUT2D eigenvalue weighted by molar-refractivity contribution is 7.92. The Kier molecular flexibility index (Phi) is 5.75. The molecule has 0 bridgehead atoms. The molecule has 176 valence electrons. The van der Waals surface area contributed by atoms with Crippen LogP contribution in [-0.4, -0.2) is 47.4 Å². The summed E-state index contributed by atoms with van der Waals surface area (Å²) in [6.45, 7) is 0. The molecule has 0 aliphatic heterocycles. The van der Waals surface area contributed by atoms with E-state index in [-0.39, 0.29) is 10.6 Å². The van der Waals surface area contributed by atoms with E-state index in [0.717, 1.165) is 5.56 Å². The summed E-state index contributed by atoms with van der Waals surface area (Å²) in [7, 11) is -1.09. The molecule has 0 unspecified atom stereocenters. The summed E-state index contributed by atoms with van der Waals surface area (Å²) >= 11 is 0. The number of aromatic nitrogens is 5. The molecule has 35 heavy (non-hydrogen) atoms. The molecule has 0 saturated heterocycles. The minimum Gasteiger partial charge on any atom is -0.497 e. The Morgan fingerprint density at radius 2 is 1.74 bits per heavy atom. The van der Waals surface area contributed by atoms with Crippen LogP contribution in [0.15, 0.2) is 84.0 Å². The third-order valence-electron chi connectivity index (χ3n) is 5.25. The fraction of sp³-hybridized carbons (Fsp3) is 0.0833. The van der Waals surface area contributed by atoms with Crippen molar-refractivity contribution in [2.75, 3.05) is 18.9 Å². The van der Waals surface area contributed by atoms with Gasteiger partial charge < -0.3 is 9.47 Å². The van der Waals surface area contributed by atoms with Crippen LogP contribution in [0.2, 0.25) is 0 Å². The molecular weight excluding hydrogens is 468 g/mol. The lowest BCUT2D eigenvalue weighted by Crippen LogP contribution is -2.14. The zero-order chi connectivity index (χ0) is 24.4. The summed E-state index contributed by atoms with van der Waals surface area (Å²) in [5.41, 5.74) is 3.04. The first-order valence-electron chi connectivity index (χ1n) is 10.5. The maximum atomic E-state index is 13.2. The van der Waals surface area contributed by atoms with Crippen molar-refractivity contribution in [2.45, 2.75) is 4.90 Å². The van der Waals surface area contributed by atoms with E-state index in [9.17, 15) is 8.42 Å². The Bertz CT molecular complexity index is 1620. The van der Waals surface area contributed by atoms with Gasteiger partial charge in [0.05, 0.1) is 19.9 Å². The van der Waals surface area contributed by atoms with E-state index in [2.05, 4.69) is 25.0 Å². The lowest BCUT2D eigenvalue weighted by Gasteiger charge is -2.13. The van der Waals surface area contributed by atoms with Crippen molar-refractivity contribution in [3.63, 3.8) is 0 Å². The fourth-order valence-electron chi connectivity index (χ4n) is 3.56. The summed E-state index contributed by atoms with van der Waals surface area (Å²) in [4.78, 5) is 4.10. The molecule has 0 aliphatic carbocycles. The van der Waals surface area contributed by atoms with Gasteiger partial charge in [-0.15, -0.1) is 10.2 Å². The van der Waals surface area contributed by atoms with Gasteiger partial charge in [-0.1, -0.05) is 12.1 Å². The van der Waals surface area contributed by atoms with Crippen molar-refractivity contribution in [3.8, 4) is 34.1 Å². The molecule has 0 radical (unpaired) electrons. The predicted molar refractivity (Wildman–Crippen MR) is 130 cm³/mol. The van der Waals surface area contributed by atoms with Gasteiger partial charge in [0.2, 0.25) is 0 Å². The number of methoxy groups -OCH3 is 2. The zero-order valence-electron chi connectivity index (χ0n) is 18.8. The Labute approximate surface area is 201 Å². The van der Waals surface area contributed by atoms with Gasteiger partial charge in [0, 0.05) is 35.3 Å². The summed E-state index contributed by atoms with van der Waals surface area (Å²) in [5.74, 6) is 1.16. The molecule has 0 fully saturated rings. The molecule has 2 aromatic carbocycles. The van der Waals surface area contributed by atoms with Crippen LogP contribution >= 0.6 is 0 Å². The Morgan fingerprint density at radius 3 is 2.51 bits per heavy atom. The van der Waals surface area contributed by atoms with Gasteiger partial charge in [0.1, 0.15) is 16.4 Å². The maximum Gasteiger partial charge on any atom is 0.265 e. The Balaban J connectivity index is 1.50. The van der Waals surface area contributed by atoms with Gasteiger partial charge in [-0.05, 0) is 48.5 Å². The summed E-state index contributed by atoms with van der Waals surface area (Å²) in [6, 6.07) is 18.8. The number of hydrogen-bond acceptors (Lipinski definition) is 8. The normalized spacial score (nSPS) is 11.4. The predicted octanol–water partition coefficient (Wildman–Crippen LogP) is 3.67. The second-order valence-electron chi connectivity index (χ2n) is 7.46. The molecule has 0 aliphatic rings. The smallest absolute Gasteiger partial charge is 0.265 e. The number of pyridine rings is 1.